The van der Waals surface area contributed by atoms with Gasteiger partial charge in [0.2, 0.25) is 5.91 Å². The van der Waals surface area contributed by atoms with Crippen LogP contribution in [-0.2, 0) is 4.79 Å². The van der Waals surface area contributed by atoms with Gasteiger partial charge in [-0.25, -0.2) is 0 Å². The van der Waals surface area contributed by atoms with Gasteiger partial charge in [0.1, 0.15) is 6.23 Å². The average Bonchev–Trinajstić information content (AvgIpc) is 1.82. The molecular formula is C7H16N2O2. The van der Waals surface area contributed by atoms with Crippen molar-refractivity contribution in [3.05, 3.63) is 0 Å². The zero-order valence-electron chi connectivity index (χ0n) is 7.29. The summed E-state index contributed by atoms with van der Waals surface area (Å²) in [6, 6.07) is 0. The van der Waals surface area contributed by atoms with Gasteiger partial charge in [0, 0.05) is 13.0 Å². The van der Waals surface area contributed by atoms with Crippen molar-refractivity contribution in [1.82, 2.24) is 10.2 Å². The molecule has 0 saturated carbocycles. The van der Waals surface area contributed by atoms with Crippen LogP contribution in [0.2, 0.25) is 0 Å². The molecule has 0 aliphatic carbocycles. The summed E-state index contributed by atoms with van der Waals surface area (Å²) in [5, 5.41) is 11.1. The highest BCUT2D eigenvalue weighted by atomic mass is 16.3. The molecule has 4 nitrogen and oxygen atoms in total. The Morgan fingerprint density at radius 2 is 2.18 bits per heavy atom. The summed E-state index contributed by atoms with van der Waals surface area (Å²) in [5.41, 5.74) is 0. The summed E-state index contributed by atoms with van der Waals surface area (Å²) >= 11 is 0. The summed E-state index contributed by atoms with van der Waals surface area (Å²) in [6.45, 7) is 2.23. The zero-order chi connectivity index (χ0) is 8.85. The smallest absolute Gasteiger partial charge is 0.223 e. The molecule has 0 heterocycles. The normalized spacial score (nSPS) is 13.2. The van der Waals surface area contributed by atoms with Crippen molar-refractivity contribution in [3.8, 4) is 0 Å². The molecule has 1 amide bonds. The van der Waals surface area contributed by atoms with E-state index in [9.17, 15) is 4.79 Å². The van der Waals surface area contributed by atoms with Crippen LogP contribution in [0, 0.1) is 0 Å². The second-order valence-corrected chi connectivity index (χ2v) is 2.80. The monoisotopic (exact) mass is 160 g/mol. The Labute approximate surface area is 67.2 Å². The lowest BCUT2D eigenvalue weighted by molar-refractivity contribution is -0.123. The second-order valence-electron chi connectivity index (χ2n) is 2.80. The third kappa shape index (κ3) is 7.29. The quantitative estimate of drug-likeness (QED) is 0.540. The first-order valence-electron chi connectivity index (χ1n) is 3.64. The van der Waals surface area contributed by atoms with E-state index < -0.39 is 6.23 Å². The van der Waals surface area contributed by atoms with Crippen LogP contribution in [0.5, 0.6) is 0 Å². The molecule has 4 heteroatoms. The summed E-state index contributed by atoms with van der Waals surface area (Å²) < 4.78 is 0. The van der Waals surface area contributed by atoms with E-state index in [1.54, 1.807) is 0 Å². The van der Waals surface area contributed by atoms with Crippen LogP contribution < -0.4 is 5.32 Å². The molecule has 0 saturated heterocycles. The van der Waals surface area contributed by atoms with Gasteiger partial charge in [-0.3, -0.25) is 4.79 Å². The Morgan fingerprint density at radius 1 is 1.64 bits per heavy atom. The Morgan fingerprint density at radius 3 is 2.55 bits per heavy atom. The molecule has 0 aliphatic rings. The van der Waals surface area contributed by atoms with Gasteiger partial charge in [0.05, 0.1) is 0 Å². The first kappa shape index (κ1) is 10.4. The Bertz CT molecular complexity index is 124. The van der Waals surface area contributed by atoms with E-state index in [0.717, 1.165) is 0 Å². The number of nitrogens with one attached hydrogen (secondary N) is 1. The van der Waals surface area contributed by atoms with Crippen molar-refractivity contribution in [1.29, 1.82) is 0 Å². The highest BCUT2D eigenvalue weighted by Gasteiger charge is 2.03. The molecule has 0 radical (unpaired) electrons. The first-order chi connectivity index (χ1) is 5.02. The van der Waals surface area contributed by atoms with Crippen LogP contribution in [0.3, 0.4) is 0 Å². The van der Waals surface area contributed by atoms with Gasteiger partial charge in [-0.15, -0.1) is 0 Å². The molecule has 2 N–H and O–H groups in total. The second kappa shape index (κ2) is 5.09. The number of amides is 1. The van der Waals surface area contributed by atoms with Crippen molar-refractivity contribution in [2.75, 3.05) is 20.6 Å². The van der Waals surface area contributed by atoms with E-state index in [4.69, 9.17) is 5.11 Å². The van der Waals surface area contributed by atoms with Gasteiger partial charge in [-0.1, -0.05) is 0 Å². The maximum Gasteiger partial charge on any atom is 0.223 e. The lowest BCUT2D eigenvalue weighted by atomic mass is 10.4. The van der Waals surface area contributed by atoms with Gasteiger partial charge in [0.15, 0.2) is 0 Å². The molecule has 1 unspecified atom stereocenters. The average molecular weight is 160 g/mol. The van der Waals surface area contributed by atoms with Gasteiger partial charge in [-0.2, -0.15) is 0 Å². The molecule has 0 fully saturated rings. The summed E-state index contributed by atoms with van der Waals surface area (Å²) in [4.78, 5) is 12.8. The van der Waals surface area contributed by atoms with E-state index >= 15 is 0 Å². The largest absolute Gasteiger partial charge is 0.374 e. The van der Waals surface area contributed by atoms with Crippen LogP contribution in [0.1, 0.15) is 13.3 Å². The number of hydrogen-bond donors (Lipinski definition) is 2. The van der Waals surface area contributed by atoms with Crippen LogP contribution in [0.4, 0.5) is 0 Å². The molecule has 0 bridgehead atoms. The standard InChI is InChI=1S/C7H16N2O2/c1-6(10)8-7(11)4-5-9(2)3/h6,10H,4-5H2,1-3H3,(H,8,11). The van der Waals surface area contributed by atoms with Crippen LogP contribution in [0.25, 0.3) is 0 Å². The third-order valence-electron chi connectivity index (χ3n) is 1.16. The Hall–Kier alpha value is -0.610. The Kier molecular flexibility index (Phi) is 4.81. The Balaban J connectivity index is 3.38. The molecule has 0 aromatic carbocycles. The number of hydrogen-bond acceptors (Lipinski definition) is 3. The van der Waals surface area contributed by atoms with Crippen molar-refractivity contribution in [2.45, 2.75) is 19.6 Å². The minimum absolute atomic E-state index is 0.117. The van der Waals surface area contributed by atoms with Gasteiger partial charge >= 0.3 is 0 Å². The lowest BCUT2D eigenvalue weighted by Crippen LogP contribution is -2.33. The summed E-state index contributed by atoms with van der Waals surface area (Å²) in [5.74, 6) is -0.117. The molecule has 1 atom stereocenters. The van der Waals surface area contributed by atoms with Gasteiger partial charge in [-0.05, 0) is 21.0 Å². The number of carbonyl (C=O) groups excluding carboxylic acids is 1. The molecule has 0 aromatic rings. The van der Waals surface area contributed by atoms with Gasteiger partial charge in [0.25, 0.3) is 0 Å². The van der Waals surface area contributed by atoms with Crippen LogP contribution >= 0.6 is 0 Å². The van der Waals surface area contributed by atoms with Crippen molar-refractivity contribution < 1.29 is 9.90 Å². The van der Waals surface area contributed by atoms with E-state index in [-0.39, 0.29) is 5.91 Å². The van der Waals surface area contributed by atoms with Crippen LogP contribution in [0.15, 0.2) is 0 Å². The maximum atomic E-state index is 10.9. The minimum atomic E-state index is -0.746. The number of rotatable bonds is 4. The number of nitrogens with zero attached hydrogens (tertiary/aromatic N) is 1. The summed E-state index contributed by atoms with van der Waals surface area (Å²) in [6.07, 6.45) is -0.317. The van der Waals surface area contributed by atoms with E-state index in [1.807, 2.05) is 19.0 Å². The summed E-state index contributed by atoms with van der Waals surface area (Å²) in [7, 11) is 3.80. The maximum absolute atomic E-state index is 10.9. The molecule has 0 spiro atoms. The highest BCUT2D eigenvalue weighted by molar-refractivity contribution is 5.76. The van der Waals surface area contributed by atoms with E-state index in [1.165, 1.54) is 6.92 Å². The molecule has 0 aromatic heterocycles. The molecule has 11 heavy (non-hydrogen) atoms. The van der Waals surface area contributed by atoms with Gasteiger partial charge < -0.3 is 15.3 Å². The SMILES string of the molecule is CC(O)NC(=O)CCN(C)C. The minimum Gasteiger partial charge on any atom is -0.374 e. The number of aliphatic hydroxyl groups is 1. The molecule has 0 rings (SSSR count). The predicted octanol–water partition coefficient (Wildman–Crippen LogP) is -0.607. The third-order valence-corrected chi connectivity index (χ3v) is 1.16. The van der Waals surface area contributed by atoms with E-state index in [2.05, 4.69) is 5.32 Å². The highest BCUT2D eigenvalue weighted by Crippen LogP contribution is 1.84. The number of carbonyl (C=O) groups is 1. The zero-order valence-corrected chi connectivity index (χ0v) is 7.29. The van der Waals surface area contributed by atoms with Crippen molar-refractivity contribution in [3.63, 3.8) is 0 Å². The topological polar surface area (TPSA) is 52.6 Å². The van der Waals surface area contributed by atoms with Crippen molar-refractivity contribution in [2.24, 2.45) is 0 Å². The molecule has 66 valence electrons. The first-order valence-corrected chi connectivity index (χ1v) is 3.64. The van der Waals surface area contributed by atoms with E-state index in [0.29, 0.717) is 13.0 Å². The fraction of sp³-hybridized carbons (Fsp3) is 0.857. The lowest BCUT2D eigenvalue weighted by Gasteiger charge is -2.10. The molecular weight excluding hydrogens is 144 g/mol. The fourth-order valence-electron chi connectivity index (χ4n) is 0.630. The van der Waals surface area contributed by atoms with Crippen LogP contribution in [-0.4, -0.2) is 42.8 Å². The van der Waals surface area contributed by atoms with Crippen molar-refractivity contribution >= 4 is 5.91 Å². The predicted molar refractivity (Wildman–Crippen MR) is 43.0 cm³/mol. The molecule has 0 aliphatic heterocycles. The number of aliphatic hydroxyl groups excluding tert-OH is 1. The fourth-order valence-corrected chi connectivity index (χ4v) is 0.630.